The predicted molar refractivity (Wildman–Crippen MR) is 76.8 cm³/mol. The van der Waals surface area contributed by atoms with Crippen molar-refractivity contribution in [2.45, 2.75) is 24.8 Å². The summed E-state index contributed by atoms with van der Waals surface area (Å²) in [7, 11) is -3.85. The number of nitrogens with zero attached hydrogens (tertiary/aromatic N) is 2. The van der Waals surface area contributed by atoms with Gasteiger partial charge in [0.05, 0.1) is 22.3 Å². The van der Waals surface area contributed by atoms with E-state index in [1.165, 1.54) is 24.4 Å². The Kier molecular flexibility index (Phi) is 3.99. The number of carboxylic acids is 1. The highest BCUT2D eigenvalue weighted by Crippen LogP contribution is 2.17. The molecular weight excluding hydrogens is 294 g/mol. The van der Waals surface area contributed by atoms with Gasteiger partial charge in [0.1, 0.15) is 0 Å². The number of sulfonamides is 1. The number of anilines is 1. The number of nitrogens with one attached hydrogen (secondary N) is 1. The van der Waals surface area contributed by atoms with Crippen molar-refractivity contribution in [3.05, 3.63) is 42.2 Å². The first-order valence-electron chi connectivity index (χ1n) is 6.20. The molecule has 0 atom stereocenters. The van der Waals surface area contributed by atoms with Crippen LogP contribution in [0.25, 0.3) is 0 Å². The van der Waals surface area contributed by atoms with Crippen LogP contribution >= 0.6 is 0 Å². The van der Waals surface area contributed by atoms with E-state index in [4.69, 9.17) is 5.11 Å². The fourth-order valence-corrected chi connectivity index (χ4v) is 2.76. The molecule has 1 aromatic carbocycles. The van der Waals surface area contributed by atoms with Gasteiger partial charge in [-0.3, -0.25) is 9.40 Å². The number of carboxylic acid groups (broad SMARTS) is 1. The summed E-state index contributed by atoms with van der Waals surface area (Å²) < 4.78 is 28.4. The first kappa shape index (κ1) is 15.0. The molecule has 2 aromatic rings. The van der Waals surface area contributed by atoms with Crippen molar-refractivity contribution in [3.8, 4) is 0 Å². The van der Waals surface area contributed by atoms with Crippen LogP contribution < -0.4 is 4.72 Å². The minimum atomic E-state index is -3.85. The maximum Gasteiger partial charge on any atom is 0.335 e. The standard InChI is InChI=1S/C13H15N3O4S/c1-9(2)16-8-11(7-14-16)15-21(19,20)12-5-3-4-10(6-12)13(17)18/h3-9,15H,1-2H3,(H,17,18). The van der Waals surface area contributed by atoms with Crippen molar-refractivity contribution in [2.24, 2.45) is 0 Å². The summed E-state index contributed by atoms with van der Waals surface area (Å²) >= 11 is 0. The topological polar surface area (TPSA) is 101 Å². The Hall–Kier alpha value is -2.35. The van der Waals surface area contributed by atoms with E-state index >= 15 is 0 Å². The van der Waals surface area contributed by atoms with E-state index in [1.807, 2.05) is 13.8 Å². The summed E-state index contributed by atoms with van der Waals surface area (Å²) in [5, 5.41) is 12.9. The molecule has 8 heteroatoms. The van der Waals surface area contributed by atoms with Gasteiger partial charge in [0.25, 0.3) is 10.0 Å². The first-order chi connectivity index (χ1) is 9.79. The van der Waals surface area contributed by atoms with E-state index < -0.39 is 16.0 Å². The molecule has 7 nitrogen and oxygen atoms in total. The van der Waals surface area contributed by atoms with Crippen LogP contribution in [0.1, 0.15) is 30.2 Å². The molecular formula is C13H15N3O4S. The Balaban J connectivity index is 2.29. The lowest BCUT2D eigenvalue weighted by Crippen LogP contribution is -2.13. The van der Waals surface area contributed by atoms with Crippen molar-refractivity contribution < 1.29 is 18.3 Å². The third kappa shape index (κ3) is 3.40. The smallest absolute Gasteiger partial charge is 0.335 e. The van der Waals surface area contributed by atoms with Crippen LogP contribution in [-0.2, 0) is 10.0 Å². The molecule has 0 aliphatic carbocycles. The van der Waals surface area contributed by atoms with E-state index in [0.29, 0.717) is 5.69 Å². The van der Waals surface area contributed by atoms with Gasteiger partial charge in [0.15, 0.2) is 0 Å². The molecule has 1 aromatic heterocycles. The Labute approximate surface area is 122 Å². The number of hydrogen-bond donors (Lipinski definition) is 2. The molecule has 0 saturated carbocycles. The molecule has 0 unspecified atom stereocenters. The molecule has 0 amide bonds. The van der Waals surface area contributed by atoms with E-state index in [-0.39, 0.29) is 16.5 Å². The molecule has 0 aliphatic rings. The van der Waals surface area contributed by atoms with Crippen molar-refractivity contribution in [2.75, 3.05) is 4.72 Å². The number of carbonyl (C=O) groups is 1. The van der Waals surface area contributed by atoms with Crippen LogP contribution in [0.2, 0.25) is 0 Å². The Morgan fingerprint density at radius 1 is 1.38 bits per heavy atom. The maximum atomic E-state index is 12.2. The van der Waals surface area contributed by atoms with Crippen molar-refractivity contribution in [1.29, 1.82) is 0 Å². The minimum absolute atomic E-state index is 0.0873. The quantitative estimate of drug-likeness (QED) is 0.879. The summed E-state index contributed by atoms with van der Waals surface area (Å²) in [5.41, 5.74) is 0.236. The molecule has 0 radical (unpaired) electrons. The Morgan fingerprint density at radius 3 is 2.67 bits per heavy atom. The van der Waals surface area contributed by atoms with Crippen LogP contribution in [0, 0.1) is 0 Å². The minimum Gasteiger partial charge on any atom is -0.478 e. The Morgan fingerprint density at radius 2 is 2.10 bits per heavy atom. The number of rotatable bonds is 5. The van der Waals surface area contributed by atoms with Gasteiger partial charge in [-0.15, -0.1) is 0 Å². The normalized spacial score (nSPS) is 11.6. The highest BCUT2D eigenvalue weighted by atomic mass is 32.2. The summed E-state index contributed by atoms with van der Waals surface area (Å²) in [5.74, 6) is -1.18. The van der Waals surface area contributed by atoms with Gasteiger partial charge >= 0.3 is 5.97 Å². The van der Waals surface area contributed by atoms with Crippen LogP contribution in [0.15, 0.2) is 41.6 Å². The summed E-state index contributed by atoms with van der Waals surface area (Å²) in [6, 6.07) is 5.27. The van der Waals surface area contributed by atoms with Crippen molar-refractivity contribution >= 4 is 21.7 Å². The van der Waals surface area contributed by atoms with Crippen LogP contribution in [0.5, 0.6) is 0 Å². The zero-order valence-electron chi connectivity index (χ0n) is 11.5. The largest absolute Gasteiger partial charge is 0.478 e. The van der Waals surface area contributed by atoms with E-state index in [9.17, 15) is 13.2 Å². The zero-order chi connectivity index (χ0) is 15.6. The van der Waals surface area contributed by atoms with Gasteiger partial charge < -0.3 is 5.11 Å². The highest BCUT2D eigenvalue weighted by Gasteiger charge is 2.17. The van der Waals surface area contributed by atoms with Crippen LogP contribution in [-0.4, -0.2) is 29.3 Å². The van der Waals surface area contributed by atoms with Gasteiger partial charge in [-0.1, -0.05) is 6.07 Å². The van der Waals surface area contributed by atoms with E-state index in [2.05, 4.69) is 9.82 Å². The number of hydrogen-bond acceptors (Lipinski definition) is 4. The third-order valence-electron chi connectivity index (χ3n) is 2.77. The molecule has 2 N–H and O–H groups in total. The molecule has 0 spiro atoms. The van der Waals surface area contributed by atoms with Crippen molar-refractivity contribution in [3.63, 3.8) is 0 Å². The summed E-state index contributed by atoms with van der Waals surface area (Å²) in [4.78, 5) is 10.8. The lowest BCUT2D eigenvalue weighted by molar-refractivity contribution is 0.0696. The lowest BCUT2D eigenvalue weighted by Gasteiger charge is -2.07. The van der Waals surface area contributed by atoms with Gasteiger partial charge in [-0.2, -0.15) is 5.10 Å². The van der Waals surface area contributed by atoms with Gasteiger partial charge in [-0.05, 0) is 32.0 Å². The molecule has 1 heterocycles. The van der Waals surface area contributed by atoms with Gasteiger partial charge in [0, 0.05) is 12.2 Å². The fourth-order valence-electron chi connectivity index (χ4n) is 1.68. The third-order valence-corrected chi connectivity index (χ3v) is 4.15. The second kappa shape index (κ2) is 5.57. The average Bonchev–Trinajstić information content (AvgIpc) is 2.87. The maximum absolute atomic E-state index is 12.2. The molecule has 112 valence electrons. The van der Waals surface area contributed by atoms with E-state index in [0.717, 1.165) is 6.07 Å². The highest BCUT2D eigenvalue weighted by molar-refractivity contribution is 7.92. The number of aromatic nitrogens is 2. The second-order valence-corrected chi connectivity index (χ2v) is 6.42. The molecule has 0 bridgehead atoms. The monoisotopic (exact) mass is 309 g/mol. The molecule has 21 heavy (non-hydrogen) atoms. The lowest BCUT2D eigenvalue weighted by atomic mass is 10.2. The zero-order valence-corrected chi connectivity index (χ0v) is 12.3. The average molecular weight is 309 g/mol. The number of aromatic carboxylic acids is 1. The fraction of sp³-hybridized carbons (Fsp3) is 0.231. The first-order valence-corrected chi connectivity index (χ1v) is 7.68. The van der Waals surface area contributed by atoms with Gasteiger partial charge in [-0.25, -0.2) is 13.2 Å². The summed E-state index contributed by atoms with van der Waals surface area (Å²) in [6.45, 7) is 3.84. The molecule has 0 fully saturated rings. The van der Waals surface area contributed by atoms with Crippen LogP contribution in [0.3, 0.4) is 0 Å². The molecule has 2 rings (SSSR count). The molecule has 0 aliphatic heterocycles. The summed E-state index contributed by atoms with van der Waals surface area (Å²) in [6.07, 6.45) is 2.97. The van der Waals surface area contributed by atoms with Crippen LogP contribution in [0.4, 0.5) is 5.69 Å². The SMILES string of the molecule is CC(C)n1cc(NS(=O)(=O)c2cccc(C(=O)O)c2)cn1. The molecule has 0 saturated heterocycles. The van der Waals surface area contributed by atoms with Gasteiger partial charge in [0.2, 0.25) is 0 Å². The Bertz CT molecular complexity index is 765. The predicted octanol–water partition coefficient (Wildman–Crippen LogP) is 1.96. The number of benzene rings is 1. The van der Waals surface area contributed by atoms with Crippen molar-refractivity contribution in [1.82, 2.24) is 9.78 Å². The van der Waals surface area contributed by atoms with E-state index in [1.54, 1.807) is 10.9 Å². The second-order valence-electron chi connectivity index (χ2n) is 4.74.